The number of nitrogens with one attached hydrogen (secondary N) is 1. The standard InChI is InChI=1S/C33H36Cl4N4O8S2/c1-6-23(29-38-24(16-51-29)31(43)49-17-33(35,36)37)39-32(44)41-15-28(50)40(14-22-26(47-4)11-21(45-2)12-27(22)48-5)13-19(30(41)42)9-18-10-20(34)7-8-25(18)46-3/h7-8,10-12,16,19,23H,6,9,13-15,17H2,1-5H3,(H,39,44)/t19-,23-/m1/s1. The zero-order valence-electron chi connectivity index (χ0n) is 28.3. The summed E-state index contributed by atoms with van der Waals surface area (Å²) in [6.45, 7) is 1.53. The molecule has 3 amide bonds. The lowest BCUT2D eigenvalue weighted by molar-refractivity contribution is -0.131. The summed E-state index contributed by atoms with van der Waals surface area (Å²) in [5.41, 5.74) is 1.34. The molecule has 0 radical (unpaired) electrons. The van der Waals surface area contributed by atoms with Crippen molar-refractivity contribution in [1.82, 2.24) is 20.1 Å². The Morgan fingerprint density at radius 1 is 1.06 bits per heavy atom. The summed E-state index contributed by atoms with van der Waals surface area (Å²) < 4.78 is 25.6. The maximum Gasteiger partial charge on any atom is 0.357 e. The number of amides is 3. The Morgan fingerprint density at radius 2 is 1.73 bits per heavy atom. The van der Waals surface area contributed by atoms with Crippen LogP contribution in [0, 0.1) is 5.92 Å². The van der Waals surface area contributed by atoms with Crippen molar-refractivity contribution in [1.29, 1.82) is 0 Å². The highest BCUT2D eigenvalue weighted by Crippen LogP contribution is 2.36. The highest BCUT2D eigenvalue weighted by molar-refractivity contribution is 7.80. The van der Waals surface area contributed by atoms with Gasteiger partial charge in [0.1, 0.15) is 34.6 Å². The van der Waals surface area contributed by atoms with Crippen LogP contribution in [-0.2, 0) is 22.5 Å². The summed E-state index contributed by atoms with van der Waals surface area (Å²) in [6.07, 6.45) is 0.576. The van der Waals surface area contributed by atoms with E-state index in [2.05, 4.69) is 10.3 Å². The molecule has 0 bridgehead atoms. The monoisotopic (exact) mass is 820 g/mol. The molecular formula is C33H36Cl4N4O8S2. The number of benzene rings is 2. The largest absolute Gasteiger partial charge is 0.496 e. The van der Waals surface area contributed by atoms with Crippen molar-refractivity contribution >= 4 is 92.9 Å². The van der Waals surface area contributed by atoms with Crippen molar-refractivity contribution in [2.75, 3.05) is 48.1 Å². The molecule has 18 heteroatoms. The van der Waals surface area contributed by atoms with Crippen LogP contribution >= 0.6 is 70.0 Å². The van der Waals surface area contributed by atoms with Crippen LogP contribution in [0.3, 0.4) is 0 Å². The number of urea groups is 1. The normalized spacial score (nSPS) is 15.6. The molecule has 1 N–H and O–H groups in total. The third kappa shape index (κ3) is 10.4. The van der Waals surface area contributed by atoms with E-state index < -0.39 is 40.3 Å². The van der Waals surface area contributed by atoms with E-state index >= 15 is 0 Å². The molecule has 3 aromatic rings. The number of esters is 1. The number of carbonyl (C=O) groups is 3. The molecule has 12 nitrogen and oxygen atoms in total. The third-order valence-electron chi connectivity index (χ3n) is 7.92. The maximum absolute atomic E-state index is 14.3. The Balaban J connectivity index is 1.65. The number of ether oxygens (including phenoxy) is 5. The molecule has 0 aliphatic carbocycles. The van der Waals surface area contributed by atoms with Crippen molar-refractivity contribution in [3.05, 3.63) is 62.6 Å². The topological polar surface area (TPSA) is 129 Å². The van der Waals surface area contributed by atoms with Gasteiger partial charge in [-0.2, -0.15) is 0 Å². The molecular weight excluding hydrogens is 786 g/mol. The number of alkyl halides is 3. The Kier molecular flexibility index (Phi) is 14.3. The van der Waals surface area contributed by atoms with Gasteiger partial charge in [0.05, 0.1) is 64.0 Å². The smallest absolute Gasteiger partial charge is 0.357 e. The molecule has 2 heterocycles. The third-order valence-corrected chi connectivity index (χ3v) is 9.83. The van der Waals surface area contributed by atoms with Crippen molar-refractivity contribution in [3.8, 4) is 23.0 Å². The first-order chi connectivity index (χ1) is 24.2. The molecule has 1 aromatic heterocycles. The highest BCUT2D eigenvalue weighted by atomic mass is 35.6. The van der Waals surface area contributed by atoms with Gasteiger partial charge in [-0.3, -0.25) is 9.69 Å². The van der Waals surface area contributed by atoms with Crippen LogP contribution in [-0.4, -0.2) is 89.6 Å². The van der Waals surface area contributed by atoms with Gasteiger partial charge in [0.2, 0.25) is 9.70 Å². The zero-order chi connectivity index (χ0) is 37.5. The van der Waals surface area contributed by atoms with Gasteiger partial charge in [0.25, 0.3) is 0 Å². The first kappa shape index (κ1) is 40.5. The number of thiazole rings is 1. The minimum Gasteiger partial charge on any atom is -0.496 e. The average Bonchev–Trinajstić information content (AvgIpc) is 3.56. The predicted molar refractivity (Wildman–Crippen MR) is 200 cm³/mol. The fourth-order valence-corrected chi connectivity index (χ4v) is 6.93. The first-order valence-electron chi connectivity index (χ1n) is 15.4. The van der Waals surface area contributed by atoms with Gasteiger partial charge in [0, 0.05) is 29.1 Å². The van der Waals surface area contributed by atoms with Crippen LogP contribution in [0.2, 0.25) is 5.02 Å². The van der Waals surface area contributed by atoms with Crippen molar-refractivity contribution in [2.45, 2.75) is 36.1 Å². The molecule has 1 saturated heterocycles. The van der Waals surface area contributed by atoms with Gasteiger partial charge in [-0.05, 0) is 36.6 Å². The number of imide groups is 1. The number of aromatic nitrogens is 1. The first-order valence-corrected chi connectivity index (χ1v) is 18.2. The van der Waals surface area contributed by atoms with Gasteiger partial charge in [-0.25, -0.2) is 14.6 Å². The number of hydrogen-bond acceptors (Lipinski definition) is 11. The van der Waals surface area contributed by atoms with Crippen molar-refractivity contribution in [2.24, 2.45) is 5.92 Å². The van der Waals surface area contributed by atoms with E-state index in [1.807, 2.05) is 11.8 Å². The van der Waals surface area contributed by atoms with Gasteiger partial charge in [-0.1, -0.05) is 65.5 Å². The second-order valence-electron chi connectivity index (χ2n) is 11.2. The molecule has 51 heavy (non-hydrogen) atoms. The number of thiocarbonyl (C=S) groups is 1. The number of methoxy groups -OCH3 is 4. The van der Waals surface area contributed by atoms with E-state index in [9.17, 15) is 14.4 Å². The minimum absolute atomic E-state index is 0.0143. The molecule has 1 fully saturated rings. The lowest BCUT2D eigenvalue weighted by atomic mass is 9.96. The highest BCUT2D eigenvalue weighted by Gasteiger charge is 2.38. The summed E-state index contributed by atoms with van der Waals surface area (Å²) in [6, 6.07) is 7.26. The Bertz CT molecular complexity index is 1730. The number of hydrogen-bond donors (Lipinski definition) is 1. The predicted octanol–water partition coefficient (Wildman–Crippen LogP) is 7.05. The van der Waals surface area contributed by atoms with Crippen LogP contribution in [0.15, 0.2) is 35.7 Å². The molecule has 276 valence electrons. The lowest BCUT2D eigenvalue weighted by Crippen LogP contribution is -2.48. The summed E-state index contributed by atoms with van der Waals surface area (Å²) in [7, 11) is 6.13. The average molecular weight is 823 g/mol. The fourth-order valence-electron chi connectivity index (χ4n) is 5.38. The number of nitrogens with zero attached hydrogens (tertiary/aromatic N) is 3. The Morgan fingerprint density at radius 3 is 2.31 bits per heavy atom. The van der Waals surface area contributed by atoms with E-state index in [0.29, 0.717) is 55.6 Å². The maximum atomic E-state index is 14.3. The molecule has 0 unspecified atom stereocenters. The van der Waals surface area contributed by atoms with E-state index in [1.165, 1.54) is 33.8 Å². The quantitative estimate of drug-likeness (QED) is 0.108. The van der Waals surface area contributed by atoms with Crippen LogP contribution in [0.5, 0.6) is 23.0 Å². The molecule has 2 aromatic carbocycles. The van der Waals surface area contributed by atoms with Crippen LogP contribution in [0.1, 0.15) is 46.0 Å². The summed E-state index contributed by atoms with van der Waals surface area (Å²) in [5, 5.41) is 5.25. The second-order valence-corrected chi connectivity index (χ2v) is 15.6. The van der Waals surface area contributed by atoms with Gasteiger partial charge in [-0.15, -0.1) is 11.3 Å². The molecule has 0 saturated carbocycles. The lowest BCUT2D eigenvalue weighted by Gasteiger charge is -2.27. The Labute approximate surface area is 325 Å². The molecule has 0 spiro atoms. The molecule has 2 atom stereocenters. The minimum atomic E-state index is -1.78. The van der Waals surface area contributed by atoms with Gasteiger partial charge in [0.15, 0.2) is 5.69 Å². The van der Waals surface area contributed by atoms with Gasteiger partial charge < -0.3 is 33.9 Å². The summed E-state index contributed by atoms with van der Waals surface area (Å²) in [5.74, 6) is 0.0537. The number of carbonyl (C=O) groups excluding carboxylic acids is 3. The van der Waals surface area contributed by atoms with E-state index in [0.717, 1.165) is 16.2 Å². The van der Waals surface area contributed by atoms with Crippen molar-refractivity contribution in [3.63, 3.8) is 0 Å². The summed E-state index contributed by atoms with van der Waals surface area (Å²) in [4.78, 5) is 48.4. The molecule has 4 rings (SSSR count). The number of halogens is 4. The zero-order valence-corrected chi connectivity index (χ0v) is 33.0. The Hall–Kier alpha value is -3.27. The molecule has 1 aliphatic rings. The van der Waals surface area contributed by atoms with Gasteiger partial charge >= 0.3 is 12.0 Å². The second kappa shape index (κ2) is 18.0. The SMILES string of the molecule is CC[C@@H](NC(=O)N1CC(=S)N(Cc2c(OC)cc(OC)cc2OC)C[C@@H](Cc2cc(Cl)ccc2OC)C1=O)c1nc(C(=O)OCC(Cl)(Cl)Cl)cs1. The van der Waals surface area contributed by atoms with Crippen LogP contribution in [0.4, 0.5) is 4.79 Å². The van der Waals surface area contributed by atoms with Crippen molar-refractivity contribution < 1.29 is 38.1 Å². The van der Waals surface area contributed by atoms with Crippen LogP contribution in [0.25, 0.3) is 0 Å². The summed E-state index contributed by atoms with van der Waals surface area (Å²) >= 11 is 30.4. The van der Waals surface area contributed by atoms with Crippen LogP contribution < -0.4 is 24.3 Å². The van der Waals surface area contributed by atoms with E-state index in [-0.39, 0.29) is 31.7 Å². The fraction of sp³-hybridized carbons (Fsp3) is 0.424. The number of rotatable bonds is 13. The molecule has 1 aliphatic heterocycles. The van der Waals surface area contributed by atoms with E-state index in [1.54, 1.807) is 30.3 Å². The van der Waals surface area contributed by atoms with E-state index in [4.69, 9.17) is 82.3 Å².